The van der Waals surface area contributed by atoms with Crippen molar-refractivity contribution >= 4 is 10.9 Å². The number of nitrogens with one attached hydrogen (secondary N) is 1. The van der Waals surface area contributed by atoms with Crippen molar-refractivity contribution in [2.75, 3.05) is 32.7 Å². The van der Waals surface area contributed by atoms with Gasteiger partial charge in [0.1, 0.15) is 16.9 Å². The summed E-state index contributed by atoms with van der Waals surface area (Å²) in [6.07, 6.45) is 5.08. The Morgan fingerprint density at radius 2 is 1.97 bits per heavy atom. The minimum Gasteiger partial charge on any atom is -0.317 e. The molecule has 1 N–H and O–H groups in total. The third-order valence-corrected chi connectivity index (χ3v) is 7.34. The van der Waals surface area contributed by atoms with Crippen LogP contribution in [0.25, 0.3) is 33.5 Å². The Balaban J connectivity index is 1.34. The van der Waals surface area contributed by atoms with Crippen molar-refractivity contribution in [3.63, 3.8) is 0 Å². The molecular formula is C26H26F3N9. The number of nitrogens with zero attached hydrogens (tertiary/aromatic N) is 8. The summed E-state index contributed by atoms with van der Waals surface area (Å²) in [7, 11) is 0. The SMILES string of the molecule is N#CCC1(n2ccc(-c3nc(-c4cnn(C5CCNCC5)c4)cc4ncccc34)n2)CN(CC(F)(F)F)C1. The van der Waals surface area contributed by atoms with Crippen LogP contribution in [-0.2, 0) is 5.54 Å². The highest BCUT2D eigenvalue weighted by atomic mass is 19.4. The second-order valence-electron chi connectivity index (χ2n) is 10.1. The maximum Gasteiger partial charge on any atom is 0.401 e. The maximum absolute atomic E-state index is 12.9. The zero-order valence-corrected chi connectivity index (χ0v) is 20.6. The molecule has 0 aromatic carbocycles. The lowest BCUT2D eigenvalue weighted by Crippen LogP contribution is -2.64. The molecule has 0 saturated carbocycles. The average Bonchev–Trinajstić information content (AvgIpc) is 3.57. The lowest BCUT2D eigenvalue weighted by Gasteiger charge is -2.49. The summed E-state index contributed by atoms with van der Waals surface area (Å²) in [4.78, 5) is 10.8. The number of hydrogen-bond donors (Lipinski definition) is 1. The molecule has 0 radical (unpaired) electrons. The van der Waals surface area contributed by atoms with E-state index in [1.807, 2.05) is 35.3 Å². The van der Waals surface area contributed by atoms with Crippen molar-refractivity contribution in [2.45, 2.75) is 37.0 Å². The third-order valence-electron chi connectivity index (χ3n) is 7.34. The van der Waals surface area contributed by atoms with Crippen LogP contribution in [0.2, 0.25) is 0 Å². The number of aromatic nitrogens is 6. The Bertz CT molecular complexity index is 1490. The first-order valence-electron chi connectivity index (χ1n) is 12.6. The number of rotatable bonds is 6. The van der Waals surface area contributed by atoms with E-state index in [2.05, 4.69) is 21.5 Å². The Morgan fingerprint density at radius 1 is 1.16 bits per heavy atom. The van der Waals surface area contributed by atoms with E-state index in [9.17, 15) is 18.4 Å². The molecule has 38 heavy (non-hydrogen) atoms. The molecule has 196 valence electrons. The molecule has 2 aliphatic rings. The van der Waals surface area contributed by atoms with E-state index in [0.29, 0.717) is 23.1 Å². The summed E-state index contributed by atoms with van der Waals surface area (Å²) in [5.41, 5.74) is 2.73. The van der Waals surface area contributed by atoms with Gasteiger partial charge in [0.15, 0.2) is 0 Å². The summed E-state index contributed by atoms with van der Waals surface area (Å²) in [6, 6.07) is 9.94. The second-order valence-corrected chi connectivity index (χ2v) is 10.1. The summed E-state index contributed by atoms with van der Waals surface area (Å²) >= 11 is 0. The van der Waals surface area contributed by atoms with E-state index < -0.39 is 18.3 Å². The van der Waals surface area contributed by atoms with Crippen LogP contribution in [0.1, 0.15) is 25.3 Å². The number of hydrogen-bond acceptors (Lipinski definition) is 7. The van der Waals surface area contributed by atoms with Crippen LogP contribution in [0.3, 0.4) is 0 Å². The summed E-state index contributed by atoms with van der Waals surface area (Å²) < 4.78 is 42.3. The number of alkyl halides is 3. The fourth-order valence-corrected chi connectivity index (χ4v) is 5.51. The van der Waals surface area contributed by atoms with Crippen molar-refractivity contribution in [1.29, 1.82) is 5.26 Å². The third kappa shape index (κ3) is 4.63. The Hall–Kier alpha value is -3.82. The summed E-state index contributed by atoms with van der Waals surface area (Å²) in [5, 5.41) is 22.9. The number of pyridine rings is 2. The molecule has 0 spiro atoms. The molecule has 6 heterocycles. The van der Waals surface area contributed by atoms with Crippen LogP contribution in [0.4, 0.5) is 13.2 Å². The van der Waals surface area contributed by atoms with E-state index in [-0.39, 0.29) is 19.5 Å². The Labute approximate surface area is 216 Å². The van der Waals surface area contributed by atoms with Gasteiger partial charge in [0.2, 0.25) is 0 Å². The lowest BCUT2D eigenvalue weighted by atomic mass is 9.87. The Kier molecular flexibility index (Phi) is 6.12. The van der Waals surface area contributed by atoms with E-state index in [4.69, 9.17) is 10.1 Å². The zero-order valence-electron chi connectivity index (χ0n) is 20.6. The predicted molar refractivity (Wildman–Crippen MR) is 134 cm³/mol. The molecule has 4 aromatic rings. The zero-order chi connectivity index (χ0) is 26.3. The number of halogens is 3. The standard InChI is InChI=1S/C26H26F3N9/c27-26(28,29)17-36-15-25(16-36,6-7-30)38-11-5-21(35-38)24-20-2-1-8-32-23(20)12-22(34-24)18-13-33-37(14-18)19-3-9-31-10-4-19/h1-2,5,8,11-14,19,31H,3-4,6,9-10,15-17H2. The molecule has 12 heteroatoms. The van der Waals surface area contributed by atoms with E-state index in [0.717, 1.165) is 42.4 Å². The Morgan fingerprint density at radius 3 is 2.74 bits per heavy atom. The van der Waals surface area contributed by atoms with Gasteiger partial charge < -0.3 is 5.32 Å². The molecule has 9 nitrogen and oxygen atoms in total. The quantitative estimate of drug-likeness (QED) is 0.412. The first-order chi connectivity index (χ1) is 18.3. The van der Waals surface area contributed by atoms with Gasteiger partial charge in [0, 0.05) is 42.6 Å². The van der Waals surface area contributed by atoms with E-state index in [1.165, 1.54) is 4.90 Å². The van der Waals surface area contributed by atoms with Crippen LogP contribution < -0.4 is 5.32 Å². The highest BCUT2D eigenvalue weighted by Crippen LogP contribution is 2.36. The summed E-state index contributed by atoms with van der Waals surface area (Å²) in [6.45, 7) is 1.14. The molecule has 2 saturated heterocycles. The molecule has 2 aliphatic heterocycles. The number of fused-ring (bicyclic) bond motifs is 1. The van der Waals surface area contributed by atoms with Gasteiger partial charge >= 0.3 is 6.18 Å². The fourth-order valence-electron chi connectivity index (χ4n) is 5.51. The molecule has 2 fully saturated rings. The fraction of sp³-hybridized carbons (Fsp3) is 0.423. The molecule has 0 unspecified atom stereocenters. The first-order valence-corrected chi connectivity index (χ1v) is 12.6. The number of likely N-dealkylation sites (tertiary alicyclic amines) is 1. The van der Waals surface area contributed by atoms with Crippen LogP contribution in [0.15, 0.2) is 49.1 Å². The number of nitriles is 1. The molecular weight excluding hydrogens is 495 g/mol. The van der Waals surface area contributed by atoms with Gasteiger partial charge in [-0.3, -0.25) is 19.2 Å². The van der Waals surface area contributed by atoms with Gasteiger partial charge in [-0.2, -0.15) is 28.6 Å². The van der Waals surface area contributed by atoms with Gasteiger partial charge in [-0.05, 0) is 50.2 Å². The van der Waals surface area contributed by atoms with Crippen molar-refractivity contribution in [3.8, 4) is 28.7 Å². The highest BCUT2D eigenvalue weighted by molar-refractivity contribution is 5.93. The van der Waals surface area contributed by atoms with Gasteiger partial charge in [-0.25, -0.2) is 4.98 Å². The van der Waals surface area contributed by atoms with Crippen molar-refractivity contribution in [3.05, 3.63) is 49.1 Å². The molecule has 4 aromatic heterocycles. The molecule has 0 atom stereocenters. The van der Waals surface area contributed by atoms with Crippen molar-refractivity contribution in [2.24, 2.45) is 0 Å². The van der Waals surface area contributed by atoms with Gasteiger partial charge in [-0.15, -0.1) is 0 Å². The van der Waals surface area contributed by atoms with Crippen LogP contribution in [0, 0.1) is 11.3 Å². The minimum atomic E-state index is -4.29. The first kappa shape index (κ1) is 24.5. The van der Waals surface area contributed by atoms with Crippen molar-refractivity contribution < 1.29 is 13.2 Å². The molecule has 0 aliphatic carbocycles. The molecule has 6 rings (SSSR count). The topological polar surface area (TPSA) is 100 Å². The highest BCUT2D eigenvalue weighted by Gasteiger charge is 2.48. The normalized spacial score (nSPS) is 18.4. The van der Waals surface area contributed by atoms with Crippen molar-refractivity contribution in [1.82, 2.24) is 39.7 Å². The van der Waals surface area contributed by atoms with Crippen LogP contribution in [-0.4, -0.2) is 73.3 Å². The average molecular weight is 522 g/mol. The minimum absolute atomic E-state index is 0.0636. The molecule has 0 bridgehead atoms. The lowest BCUT2D eigenvalue weighted by molar-refractivity contribution is -0.167. The van der Waals surface area contributed by atoms with E-state index >= 15 is 0 Å². The van der Waals surface area contributed by atoms with Gasteiger partial charge in [0.05, 0.1) is 42.5 Å². The predicted octanol–water partition coefficient (Wildman–Crippen LogP) is 3.77. The smallest absolute Gasteiger partial charge is 0.317 e. The molecule has 0 amide bonds. The monoisotopic (exact) mass is 521 g/mol. The summed E-state index contributed by atoms with van der Waals surface area (Å²) in [5.74, 6) is 0. The maximum atomic E-state index is 12.9. The van der Waals surface area contributed by atoms with Gasteiger partial charge in [0.25, 0.3) is 0 Å². The van der Waals surface area contributed by atoms with E-state index in [1.54, 1.807) is 23.1 Å². The van der Waals surface area contributed by atoms with Gasteiger partial charge in [-0.1, -0.05) is 0 Å². The number of piperidine rings is 1. The second kappa shape index (κ2) is 9.49. The van der Waals surface area contributed by atoms with Crippen LogP contribution >= 0.6 is 0 Å². The largest absolute Gasteiger partial charge is 0.401 e. The van der Waals surface area contributed by atoms with Crippen LogP contribution in [0.5, 0.6) is 0 Å².